The van der Waals surface area contributed by atoms with Crippen LogP contribution in [0.3, 0.4) is 0 Å². The number of amides is 2. The minimum Gasteiger partial charge on any atom is -0.465 e. The number of halogens is 3. The molecule has 0 saturated carbocycles. The van der Waals surface area contributed by atoms with Gasteiger partial charge in [-0.15, -0.1) is 0 Å². The Morgan fingerprint density at radius 2 is 2.00 bits per heavy atom. The number of esters is 1. The average Bonchev–Trinajstić information content (AvgIpc) is 3.14. The van der Waals surface area contributed by atoms with Crippen molar-refractivity contribution in [1.82, 2.24) is 4.90 Å². The molecule has 2 aromatic carbocycles. The van der Waals surface area contributed by atoms with Gasteiger partial charge in [0.15, 0.2) is 0 Å². The molecule has 1 aliphatic heterocycles. The Bertz CT molecular complexity index is 941. The maximum atomic E-state index is 14.6. The van der Waals surface area contributed by atoms with Crippen LogP contribution in [0, 0.1) is 11.6 Å². The summed E-state index contributed by atoms with van der Waals surface area (Å²) in [6.45, 7) is 0.309. The maximum absolute atomic E-state index is 14.6. The Hall–Kier alpha value is -2.71. The Morgan fingerprint density at radius 3 is 2.59 bits per heavy atom. The molecule has 1 fully saturated rings. The number of anilines is 1. The Morgan fingerprint density at radius 1 is 1.24 bits per heavy atom. The van der Waals surface area contributed by atoms with Gasteiger partial charge in [0.1, 0.15) is 11.6 Å². The van der Waals surface area contributed by atoms with Gasteiger partial charge in [-0.1, -0.05) is 17.7 Å². The molecule has 2 amide bonds. The molecule has 6 nitrogen and oxygen atoms in total. The van der Waals surface area contributed by atoms with Gasteiger partial charge in [0, 0.05) is 24.3 Å². The van der Waals surface area contributed by atoms with Crippen LogP contribution in [0.1, 0.15) is 22.3 Å². The fourth-order valence-corrected chi connectivity index (χ4v) is 3.27. The summed E-state index contributed by atoms with van der Waals surface area (Å²) in [5.74, 6) is -2.02. The summed E-state index contributed by atoms with van der Waals surface area (Å²) in [6, 6.07) is 7.10. The topological polar surface area (TPSA) is 70.1 Å². The summed E-state index contributed by atoms with van der Waals surface area (Å²) >= 11 is 5.86. The van der Waals surface area contributed by atoms with E-state index in [9.17, 15) is 23.5 Å². The monoisotopic (exact) mass is 424 g/mol. The summed E-state index contributed by atoms with van der Waals surface area (Å²) in [6.07, 6.45) is -0.194. The second-order valence-corrected chi connectivity index (χ2v) is 7.06. The third kappa shape index (κ3) is 4.65. The third-order valence-electron chi connectivity index (χ3n) is 4.68. The van der Waals surface area contributed by atoms with E-state index in [2.05, 4.69) is 4.74 Å². The van der Waals surface area contributed by atoms with Gasteiger partial charge in [0.05, 0.1) is 30.3 Å². The summed E-state index contributed by atoms with van der Waals surface area (Å²) < 4.78 is 32.7. The molecule has 1 heterocycles. The van der Waals surface area contributed by atoms with Crippen LogP contribution in [0.25, 0.3) is 0 Å². The van der Waals surface area contributed by atoms with Gasteiger partial charge in [-0.3, -0.25) is 4.90 Å². The smallest absolute Gasteiger partial charge is 0.337 e. The van der Waals surface area contributed by atoms with Crippen LogP contribution in [0.2, 0.25) is 5.02 Å². The molecule has 1 atom stereocenters. The number of carbonyl (C=O) groups excluding carboxylic acids is 2. The highest BCUT2D eigenvalue weighted by atomic mass is 35.5. The van der Waals surface area contributed by atoms with Crippen molar-refractivity contribution in [2.24, 2.45) is 0 Å². The molecule has 0 aromatic heterocycles. The normalized spacial score (nSPS) is 16.0. The van der Waals surface area contributed by atoms with E-state index in [0.29, 0.717) is 13.0 Å². The number of carbonyl (C=O) groups is 2. The zero-order valence-electron chi connectivity index (χ0n) is 15.6. The van der Waals surface area contributed by atoms with Crippen molar-refractivity contribution < 1.29 is 28.2 Å². The highest BCUT2D eigenvalue weighted by Crippen LogP contribution is 2.27. The predicted molar refractivity (Wildman–Crippen MR) is 103 cm³/mol. The molecule has 1 saturated heterocycles. The van der Waals surface area contributed by atoms with Crippen LogP contribution < -0.4 is 4.90 Å². The molecule has 0 spiro atoms. The Balaban J connectivity index is 1.93. The molecule has 154 valence electrons. The van der Waals surface area contributed by atoms with Gasteiger partial charge in [0.25, 0.3) is 0 Å². The number of rotatable bonds is 4. The standard InChI is InChI=1S/C20H19ClF2N2O4/c1-29-19(27)12-2-3-13(18(23)8-12)10-25(14-4-5-17(22)16(21)9-14)20(28)24-7-6-15(26)11-24/h2-5,8-9,15,26H,6-7,10-11H2,1H3/t15-/m1/s1. The molecule has 0 radical (unpaired) electrons. The van der Waals surface area contributed by atoms with Crippen LogP contribution in [0.5, 0.6) is 0 Å². The van der Waals surface area contributed by atoms with Crippen LogP contribution in [-0.2, 0) is 11.3 Å². The van der Waals surface area contributed by atoms with E-state index in [-0.39, 0.29) is 34.9 Å². The zero-order valence-corrected chi connectivity index (χ0v) is 16.3. The summed E-state index contributed by atoms with van der Waals surface area (Å²) in [5, 5.41) is 9.56. The first kappa shape index (κ1) is 21.0. The van der Waals surface area contributed by atoms with Gasteiger partial charge in [-0.2, -0.15) is 0 Å². The number of urea groups is 1. The summed E-state index contributed by atoms with van der Waals surface area (Å²) in [7, 11) is 1.19. The second kappa shape index (κ2) is 8.75. The van der Waals surface area contributed by atoms with Gasteiger partial charge < -0.3 is 14.7 Å². The van der Waals surface area contributed by atoms with Gasteiger partial charge in [-0.05, 0) is 36.8 Å². The molecule has 1 aliphatic rings. The molecular formula is C20H19ClF2N2O4. The predicted octanol–water partition coefficient (Wildman–Crippen LogP) is 3.60. The van der Waals surface area contributed by atoms with Crippen molar-refractivity contribution >= 4 is 29.3 Å². The number of hydrogen-bond donors (Lipinski definition) is 1. The Labute approximate surface area is 171 Å². The van der Waals surface area contributed by atoms with Gasteiger partial charge in [-0.25, -0.2) is 18.4 Å². The fourth-order valence-electron chi connectivity index (χ4n) is 3.10. The van der Waals surface area contributed by atoms with E-state index in [1.165, 1.54) is 41.2 Å². The molecule has 0 aliphatic carbocycles. The molecule has 1 N–H and O–H groups in total. The van der Waals surface area contributed by atoms with E-state index >= 15 is 0 Å². The minimum absolute atomic E-state index is 0.0409. The van der Waals surface area contributed by atoms with Crippen LogP contribution in [-0.4, -0.2) is 48.3 Å². The SMILES string of the molecule is COC(=O)c1ccc(CN(C(=O)N2CC[C@@H](O)C2)c2ccc(F)c(Cl)c2)c(F)c1. The molecule has 3 rings (SSSR count). The molecule has 29 heavy (non-hydrogen) atoms. The number of aliphatic hydroxyl groups is 1. The lowest BCUT2D eigenvalue weighted by Crippen LogP contribution is -2.42. The number of nitrogens with zero attached hydrogens (tertiary/aromatic N) is 2. The van der Waals surface area contributed by atoms with Gasteiger partial charge >= 0.3 is 12.0 Å². The van der Waals surface area contributed by atoms with E-state index in [1.54, 1.807) is 0 Å². The highest BCUT2D eigenvalue weighted by molar-refractivity contribution is 6.31. The van der Waals surface area contributed by atoms with Crippen molar-refractivity contribution in [2.45, 2.75) is 19.1 Å². The average molecular weight is 425 g/mol. The maximum Gasteiger partial charge on any atom is 0.337 e. The van der Waals surface area contributed by atoms with E-state index in [0.717, 1.165) is 12.1 Å². The lowest BCUT2D eigenvalue weighted by atomic mass is 10.1. The van der Waals surface area contributed by atoms with Crippen LogP contribution in [0.4, 0.5) is 19.3 Å². The third-order valence-corrected chi connectivity index (χ3v) is 4.97. The van der Waals surface area contributed by atoms with Crippen molar-refractivity contribution in [1.29, 1.82) is 0 Å². The molecule has 2 aromatic rings. The number of ether oxygens (including phenoxy) is 1. The van der Waals surface area contributed by atoms with E-state index in [4.69, 9.17) is 11.6 Å². The lowest BCUT2D eigenvalue weighted by Gasteiger charge is -2.28. The first-order valence-electron chi connectivity index (χ1n) is 8.86. The lowest BCUT2D eigenvalue weighted by molar-refractivity contribution is 0.0600. The number of aliphatic hydroxyl groups excluding tert-OH is 1. The van der Waals surface area contributed by atoms with Crippen molar-refractivity contribution in [3.05, 3.63) is 64.2 Å². The number of likely N-dealkylation sites (tertiary alicyclic amines) is 1. The number of benzene rings is 2. The summed E-state index contributed by atoms with van der Waals surface area (Å²) in [4.78, 5) is 27.3. The van der Waals surface area contributed by atoms with Crippen molar-refractivity contribution in [3.8, 4) is 0 Å². The van der Waals surface area contributed by atoms with Gasteiger partial charge in [0.2, 0.25) is 0 Å². The van der Waals surface area contributed by atoms with E-state index < -0.39 is 29.7 Å². The van der Waals surface area contributed by atoms with Crippen LogP contribution in [0.15, 0.2) is 36.4 Å². The first-order valence-corrected chi connectivity index (χ1v) is 9.24. The molecule has 0 unspecified atom stereocenters. The zero-order chi connectivity index (χ0) is 21.1. The quantitative estimate of drug-likeness (QED) is 0.761. The first-order chi connectivity index (χ1) is 13.8. The van der Waals surface area contributed by atoms with Crippen LogP contribution >= 0.6 is 11.6 Å². The highest BCUT2D eigenvalue weighted by Gasteiger charge is 2.30. The fraction of sp³-hybridized carbons (Fsp3) is 0.300. The van der Waals surface area contributed by atoms with Crippen molar-refractivity contribution in [2.75, 3.05) is 25.1 Å². The summed E-state index contributed by atoms with van der Waals surface area (Å²) in [5.41, 5.74) is 0.463. The number of β-amino-alcohol motifs (C(OH)–C–C–N with tert-alkyl or cyclic N) is 1. The second-order valence-electron chi connectivity index (χ2n) is 6.65. The minimum atomic E-state index is -0.694. The van der Waals surface area contributed by atoms with Crippen molar-refractivity contribution in [3.63, 3.8) is 0 Å². The Kier molecular flexibility index (Phi) is 6.34. The molecule has 0 bridgehead atoms. The molecular weight excluding hydrogens is 406 g/mol. The number of methoxy groups -OCH3 is 1. The largest absolute Gasteiger partial charge is 0.465 e. The number of hydrogen-bond acceptors (Lipinski definition) is 4. The molecule has 9 heteroatoms. The van der Waals surface area contributed by atoms with E-state index in [1.807, 2.05) is 0 Å².